The lowest BCUT2D eigenvalue weighted by Crippen LogP contribution is -2.46. The van der Waals surface area contributed by atoms with Gasteiger partial charge in [-0.05, 0) is 50.1 Å². The molecule has 2 unspecified atom stereocenters. The zero-order valence-electron chi connectivity index (χ0n) is 11.0. The number of piperidine rings is 1. The van der Waals surface area contributed by atoms with Crippen molar-refractivity contribution in [1.82, 2.24) is 10.6 Å². The molecule has 102 valence electrons. The Morgan fingerprint density at radius 2 is 2.16 bits per heavy atom. The van der Waals surface area contributed by atoms with E-state index in [1.165, 1.54) is 0 Å². The summed E-state index contributed by atoms with van der Waals surface area (Å²) in [5.41, 5.74) is 0.971. The highest BCUT2D eigenvalue weighted by Gasteiger charge is 2.18. The molecule has 0 aromatic heterocycles. The molecule has 0 aliphatic carbocycles. The molecule has 1 aliphatic heterocycles. The zero-order chi connectivity index (χ0) is 13.7. The minimum absolute atomic E-state index is 0.0333. The van der Waals surface area contributed by atoms with E-state index in [0.29, 0.717) is 11.1 Å². The van der Waals surface area contributed by atoms with Crippen LogP contribution in [0.3, 0.4) is 0 Å². The van der Waals surface area contributed by atoms with Gasteiger partial charge in [0.1, 0.15) is 0 Å². The lowest BCUT2D eigenvalue weighted by atomic mass is 10.0. The van der Waals surface area contributed by atoms with Crippen LogP contribution in [-0.2, 0) is 4.79 Å². The van der Waals surface area contributed by atoms with E-state index in [2.05, 4.69) is 17.6 Å². The number of hydrogen-bond donors (Lipinski definition) is 2. The molecule has 0 saturated carbocycles. The van der Waals surface area contributed by atoms with Crippen LogP contribution in [0.1, 0.15) is 25.3 Å². The SMILES string of the molecule is CC1CC(NC(=O)/C=C/c2ccc(Cl)cc2)CCN1. The Morgan fingerprint density at radius 3 is 2.84 bits per heavy atom. The Labute approximate surface area is 119 Å². The van der Waals surface area contributed by atoms with Crippen molar-refractivity contribution in [2.75, 3.05) is 6.54 Å². The van der Waals surface area contributed by atoms with Gasteiger partial charge in [-0.25, -0.2) is 0 Å². The van der Waals surface area contributed by atoms with Crippen molar-refractivity contribution in [3.05, 3.63) is 40.9 Å². The molecule has 2 atom stereocenters. The van der Waals surface area contributed by atoms with E-state index in [9.17, 15) is 4.79 Å². The van der Waals surface area contributed by atoms with Crippen molar-refractivity contribution in [3.8, 4) is 0 Å². The van der Waals surface area contributed by atoms with E-state index < -0.39 is 0 Å². The molecule has 1 saturated heterocycles. The van der Waals surface area contributed by atoms with E-state index in [1.807, 2.05) is 24.3 Å². The fourth-order valence-corrected chi connectivity index (χ4v) is 2.38. The topological polar surface area (TPSA) is 41.1 Å². The van der Waals surface area contributed by atoms with Crippen molar-refractivity contribution in [3.63, 3.8) is 0 Å². The second-order valence-electron chi connectivity index (χ2n) is 4.97. The molecule has 2 rings (SSSR count). The minimum atomic E-state index is -0.0333. The first kappa shape index (κ1) is 14.1. The summed E-state index contributed by atoms with van der Waals surface area (Å²) in [5.74, 6) is -0.0333. The molecule has 3 nitrogen and oxygen atoms in total. The number of carbonyl (C=O) groups is 1. The van der Waals surface area contributed by atoms with Gasteiger partial charge in [-0.1, -0.05) is 23.7 Å². The second-order valence-corrected chi connectivity index (χ2v) is 5.41. The summed E-state index contributed by atoms with van der Waals surface area (Å²) in [6.07, 6.45) is 5.36. The molecule has 0 bridgehead atoms. The van der Waals surface area contributed by atoms with Crippen LogP contribution in [0.2, 0.25) is 5.02 Å². The van der Waals surface area contributed by atoms with Crippen molar-refractivity contribution < 1.29 is 4.79 Å². The number of amides is 1. The third kappa shape index (κ3) is 4.69. The largest absolute Gasteiger partial charge is 0.350 e. The number of hydrogen-bond acceptors (Lipinski definition) is 2. The molecular weight excluding hydrogens is 260 g/mol. The Balaban J connectivity index is 1.85. The fourth-order valence-electron chi connectivity index (χ4n) is 2.26. The van der Waals surface area contributed by atoms with Gasteiger partial charge in [0.15, 0.2) is 0 Å². The lowest BCUT2D eigenvalue weighted by molar-refractivity contribution is -0.117. The normalized spacial score (nSPS) is 23.5. The van der Waals surface area contributed by atoms with Gasteiger partial charge in [0.05, 0.1) is 0 Å². The van der Waals surface area contributed by atoms with E-state index >= 15 is 0 Å². The van der Waals surface area contributed by atoms with Crippen LogP contribution in [0.25, 0.3) is 6.08 Å². The predicted octanol–water partition coefficient (Wildman–Crippen LogP) is 2.61. The molecule has 1 amide bonds. The Bertz CT molecular complexity index is 456. The van der Waals surface area contributed by atoms with Gasteiger partial charge in [0.2, 0.25) is 5.91 Å². The molecule has 19 heavy (non-hydrogen) atoms. The van der Waals surface area contributed by atoms with E-state index in [-0.39, 0.29) is 11.9 Å². The number of halogens is 1. The Kier molecular flexibility index (Phi) is 5.00. The van der Waals surface area contributed by atoms with Gasteiger partial charge in [-0.2, -0.15) is 0 Å². The maximum absolute atomic E-state index is 11.8. The maximum Gasteiger partial charge on any atom is 0.244 e. The summed E-state index contributed by atoms with van der Waals surface area (Å²) in [7, 11) is 0. The highest BCUT2D eigenvalue weighted by atomic mass is 35.5. The van der Waals surface area contributed by atoms with Gasteiger partial charge in [0.25, 0.3) is 0 Å². The lowest BCUT2D eigenvalue weighted by Gasteiger charge is -2.28. The van der Waals surface area contributed by atoms with Gasteiger partial charge in [0, 0.05) is 23.2 Å². The maximum atomic E-state index is 11.8. The molecular formula is C15H19ClN2O. The molecule has 2 N–H and O–H groups in total. The number of nitrogens with one attached hydrogen (secondary N) is 2. The van der Waals surface area contributed by atoms with Gasteiger partial charge >= 0.3 is 0 Å². The van der Waals surface area contributed by atoms with Crippen LogP contribution in [0, 0.1) is 0 Å². The second kappa shape index (κ2) is 6.73. The van der Waals surface area contributed by atoms with Crippen molar-refractivity contribution in [1.29, 1.82) is 0 Å². The van der Waals surface area contributed by atoms with Crippen molar-refractivity contribution in [2.45, 2.75) is 31.8 Å². The molecule has 1 fully saturated rings. The quantitative estimate of drug-likeness (QED) is 0.835. The first-order chi connectivity index (χ1) is 9.13. The first-order valence-corrected chi connectivity index (χ1v) is 6.99. The van der Waals surface area contributed by atoms with Crippen LogP contribution in [0.5, 0.6) is 0 Å². The molecule has 1 aliphatic rings. The molecule has 1 aromatic rings. The van der Waals surface area contributed by atoms with E-state index in [1.54, 1.807) is 12.2 Å². The van der Waals surface area contributed by atoms with Crippen LogP contribution in [0.4, 0.5) is 0 Å². The summed E-state index contributed by atoms with van der Waals surface area (Å²) >= 11 is 5.81. The van der Waals surface area contributed by atoms with Crippen molar-refractivity contribution in [2.24, 2.45) is 0 Å². The van der Waals surface area contributed by atoms with Gasteiger partial charge in [-0.15, -0.1) is 0 Å². The molecule has 1 aromatic carbocycles. The average molecular weight is 279 g/mol. The third-order valence-corrected chi connectivity index (χ3v) is 3.52. The number of carbonyl (C=O) groups excluding carboxylic acids is 1. The molecule has 4 heteroatoms. The monoisotopic (exact) mass is 278 g/mol. The summed E-state index contributed by atoms with van der Waals surface area (Å²) in [4.78, 5) is 11.8. The predicted molar refractivity (Wildman–Crippen MR) is 79.1 cm³/mol. The van der Waals surface area contributed by atoms with Crippen LogP contribution in [-0.4, -0.2) is 24.5 Å². The highest BCUT2D eigenvalue weighted by molar-refractivity contribution is 6.30. The summed E-state index contributed by atoms with van der Waals surface area (Å²) in [6, 6.07) is 8.15. The van der Waals surface area contributed by atoms with Crippen LogP contribution >= 0.6 is 11.6 Å². The number of benzene rings is 1. The van der Waals surface area contributed by atoms with Crippen LogP contribution < -0.4 is 10.6 Å². The number of rotatable bonds is 3. The van der Waals surface area contributed by atoms with E-state index in [4.69, 9.17) is 11.6 Å². The summed E-state index contributed by atoms with van der Waals surface area (Å²) in [6.45, 7) is 3.11. The molecule has 0 spiro atoms. The minimum Gasteiger partial charge on any atom is -0.350 e. The third-order valence-electron chi connectivity index (χ3n) is 3.27. The summed E-state index contributed by atoms with van der Waals surface area (Å²) in [5, 5.41) is 7.10. The summed E-state index contributed by atoms with van der Waals surface area (Å²) < 4.78 is 0. The standard InChI is InChI=1S/C15H19ClN2O/c1-11-10-14(8-9-17-11)18-15(19)7-4-12-2-5-13(16)6-3-12/h2-7,11,14,17H,8-10H2,1H3,(H,18,19)/b7-4+. The van der Waals surface area contributed by atoms with E-state index in [0.717, 1.165) is 24.9 Å². The average Bonchev–Trinajstić information content (AvgIpc) is 2.38. The van der Waals surface area contributed by atoms with Crippen LogP contribution in [0.15, 0.2) is 30.3 Å². The highest BCUT2D eigenvalue weighted by Crippen LogP contribution is 2.11. The fraction of sp³-hybridized carbons (Fsp3) is 0.400. The van der Waals surface area contributed by atoms with Gasteiger partial charge < -0.3 is 10.6 Å². The van der Waals surface area contributed by atoms with Crippen molar-refractivity contribution >= 4 is 23.6 Å². The zero-order valence-corrected chi connectivity index (χ0v) is 11.8. The van der Waals surface area contributed by atoms with Gasteiger partial charge in [-0.3, -0.25) is 4.79 Å². The smallest absolute Gasteiger partial charge is 0.244 e. The molecule has 1 heterocycles. The Hall–Kier alpha value is -1.32. The molecule has 0 radical (unpaired) electrons. The Morgan fingerprint density at radius 1 is 1.42 bits per heavy atom. The first-order valence-electron chi connectivity index (χ1n) is 6.61.